The minimum atomic E-state index is -0.0505. The van der Waals surface area contributed by atoms with Crippen LogP contribution < -0.4 is 16.6 Å². The van der Waals surface area contributed by atoms with Crippen molar-refractivity contribution in [3.05, 3.63) is 66.0 Å². The summed E-state index contributed by atoms with van der Waals surface area (Å²) in [6.07, 6.45) is 4.58. The Balaban J connectivity index is 1.81. The first-order valence-corrected chi connectivity index (χ1v) is 6.55. The Kier molecular flexibility index (Phi) is 3.55. The van der Waals surface area contributed by atoms with Crippen LogP contribution in [0.15, 0.2) is 54.9 Å². The van der Waals surface area contributed by atoms with Crippen LogP contribution in [-0.2, 0) is 6.42 Å². The summed E-state index contributed by atoms with van der Waals surface area (Å²) < 4.78 is 0. The standard InChI is InChI=1S/C15H18N4/c16-15-13(9-11-5-2-1-3-6-11)14(18-19-15)12-7-4-8-17-10-12/h1-8,10,13-15,18-19H,9,16H2. The Bertz CT molecular complexity index is 514. The minimum Gasteiger partial charge on any atom is -0.315 e. The molecule has 3 unspecified atom stereocenters. The molecule has 4 nitrogen and oxygen atoms in total. The van der Waals surface area contributed by atoms with Gasteiger partial charge in [0.1, 0.15) is 0 Å². The van der Waals surface area contributed by atoms with Gasteiger partial charge < -0.3 is 5.73 Å². The SMILES string of the molecule is NC1NNC(c2cccnc2)C1Cc1ccccc1. The van der Waals surface area contributed by atoms with E-state index in [0.717, 1.165) is 6.42 Å². The number of hydrogen-bond acceptors (Lipinski definition) is 4. The molecule has 4 heteroatoms. The van der Waals surface area contributed by atoms with Crippen LogP contribution in [0.3, 0.4) is 0 Å². The highest BCUT2D eigenvalue weighted by Crippen LogP contribution is 2.29. The summed E-state index contributed by atoms with van der Waals surface area (Å²) in [5.41, 5.74) is 15.1. The number of benzene rings is 1. The molecule has 2 aromatic rings. The van der Waals surface area contributed by atoms with Crippen LogP contribution in [0.25, 0.3) is 0 Å². The molecule has 1 aliphatic heterocycles. The van der Waals surface area contributed by atoms with Crippen LogP contribution >= 0.6 is 0 Å². The molecule has 1 fully saturated rings. The van der Waals surface area contributed by atoms with E-state index >= 15 is 0 Å². The van der Waals surface area contributed by atoms with E-state index in [1.54, 1.807) is 6.20 Å². The second-order valence-corrected chi connectivity index (χ2v) is 4.93. The molecule has 3 rings (SSSR count). The van der Waals surface area contributed by atoms with Crippen molar-refractivity contribution in [2.75, 3.05) is 0 Å². The second-order valence-electron chi connectivity index (χ2n) is 4.93. The van der Waals surface area contributed by atoms with Gasteiger partial charge in [0, 0.05) is 18.3 Å². The zero-order valence-corrected chi connectivity index (χ0v) is 10.7. The van der Waals surface area contributed by atoms with E-state index in [9.17, 15) is 0 Å². The smallest absolute Gasteiger partial charge is 0.0729 e. The normalized spacial score (nSPS) is 26.5. The fourth-order valence-electron chi connectivity index (χ4n) is 2.63. The molecule has 1 aromatic carbocycles. The molecule has 1 aromatic heterocycles. The molecule has 3 atom stereocenters. The molecule has 0 radical (unpaired) electrons. The molecule has 0 spiro atoms. The molecule has 4 N–H and O–H groups in total. The van der Waals surface area contributed by atoms with Crippen LogP contribution in [-0.4, -0.2) is 11.1 Å². The average molecular weight is 254 g/mol. The number of hydrogen-bond donors (Lipinski definition) is 3. The Morgan fingerprint density at radius 3 is 2.63 bits per heavy atom. The third kappa shape index (κ3) is 2.66. The van der Waals surface area contributed by atoms with Crippen molar-refractivity contribution in [1.29, 1.82) is 0 Å². The maximum absolute atomic E-state index is 6.16. The lowest BCUT2D eigenvalue weighted by Crippen LogP contribution is -2.39. The summed E-state index contributed by atoms with van der Waals surface area (Å²) in [4.78, 5) is 4.19. The molecule has 0 aliphatic carbocycles. The van der Waals surface area contributed by atoms with Crippen molar-refractivity contribution in [1.82, 2.24) is 15.8 Å². The number of nitrogens with one attached hydrogen (secondary N) is 2. The summed E-state index contributed by atoms with van der Waals surface area (Å²) in [7, 11) is 0. The maximum atomic E-state index is 6.16. The monoisotopic (exact) mass is 254 g/mol. The van der Waals surface area contributed by atoms with E-state index in [0.29, 0.717) is 5.92 Å². The number of aromatic nitrogens is 1. The lowest BCUT2D eigenvalue weighted by molar-refractivity contribution is 0.420. The number of nitrogens with zero attached hydrogens (tertiary/aromatic N) is 1. The van der Waals surface area contributed by atoms with Crippen molar-refractivity contribution in [2.45, 2.75) is 18.6 Å². The first kappa shape index (κ1) is 12.3. The molecule has 1 saturated heterocycles. The summed E-state index contributed by atoms with van der Waals surface area (Å²) in [5.74, 6) is 0.312. The highest BCUT2D eigenvalue weighted by molar-refractivity contribution is 5.21. The number of rotatable bonds is 3. The van der Waals surface area contributed by atoms with Gasteiger partial charge in [-0.05, 0) is 23.6 Å². The molecule has 0 bridgehead atoms. The predicted octanol–water partition coefficient (Wildman–Crippen LogP) is 1.37. The van der Waals surface area contributed by atoms with E-state index < -0.39 is 0 Å². The van der Waals surface area contributed by atoms with Crippen molar-refractivity contribution >= 4 is 0 Å². The topological polar surface area (TPSA) is 63.0 Å². The molecular formula is C15H18N4. The lowest BCUT2D eigenvalue weighted by Gasteiger charge is -2.21. The van der Waals surface area contributed by atoms with E-state index in [1.165, 1.54) is 11.1 Å². The molecule has 19 heavy (non-hydrogen) atoms. The zero-order chi connectivity index (χ0) is 13.1. The highest BCUT2D eigenvalue weighted by Gasteiger charge is 2.34. The molecule has 0 saturated carbocycles. The van der Waals surface area contributed by atoms with Crippen LogP contribution in [0, 0.1) is 5.92 Å². The summed E-state index contributed by atoms with van der Waals surface area (Å²) in [6.45, 7) is 0. The largest absolute Gasteiger partial charge is 0.315 e. The van der Waals surface area contributed by atoms with Gasteiger partial charge in [-0.3, -0.25) is 4.98 Å². The molecule has 98 valence electrons. The average Bonchev–Trinajstić information content (AvgIpc) is 2.82. The third-order valence-electron chi connectivity index (χ3n) is 3.65. The van der Waals surface area contributed by atoms with Crippen LogP contribution in [0.4, 0.5) is 0 Å². The van der Waals surface area contributed by atoms with E-state index in [-0.39, 0.29) is 12.2 Å². The van der Waals surface area contributed by atoms with Gasteiger partial charge in [-0.25, -0.2) is 10.9 Å². The number of pyridine rings is 1. The Labute approximate surface area is 113 Å². The van der Waals surface area contributed by atoms with Gasteiger partial charge in [0.2, 0.25) is 0 Å². The fraction of sp³-hybridized carbons (Fsp3) is 0.267. The van der Waals surface area contributed by atoms with Crippen LogP contribution in [0.5, 0.6) is 0 Å². The van der Waals surface area contributed by atoms with E-state index in [1.807, 2.05) is 18.3 Å². The number of nitrogens with two attached hydrogens (primary N) is 1. The highest BCUT2D eigenvalue weighted by atomic mass is 15.5. The quantitative estimate of drug-likeness (QED) is 0.774. The van der Waals surface area contributed by atoms with Crippen LogP contribution in [0.2, 0.25) is 0 Å². The lowest BCUT2D eigenvalue weighted by atomic mass is 9.88. The first-order chi connectivity index (χ1) is 9.34. The van der Waals surface area contributed by atoms with Crippen molar-refractivity contribution in [2.24, 2.45) is 11.7 Å². The van der Waals surface area contributed by atoms with Gasteiger partial charge in [0.05, 0.1) is 12.2 Å². The molecule has 2 heterocycles. The number of hydrazine groups is 1. The van der Waals surface area contributed by atoms with Gasteiger partial charge in [-0.15, -0.1) is 0 Å². The van der Waals surface area contributed by atoms with Gasteiger partial charge in [0.25, 0.3) is 0 Å². The minimum absolute atomic E-state index is 0.0505. The predicted molar refractivity (Wildman–Crippen MR) is 74.9 cm³/mol. The van der Waals surface area contributed by atoms with Gasteiger partial charge in [-0.1, -0.05) is 36.4 Å². The van der Waals surface area contributed by atoms with Crippen molar-refractivity contribution in [3.8, 4) is 0 Å². The second kappa shape index (κ2) is 5.48. The zero-order valence-electron chi connectivity index (χ0n) is 10.7. The Morgan fingerprint density at radius 2 is 1.89 bits per heavy atom. The molecule has 0 amide bonds. The van der Waals surface area contributed by atoms with Crippen molar-refractivity contribution < 1.29 is 0 Å². The molecular weight excluding hydrogens is 236 g/mol. The van der Waals surface area contributed by atoms with Crippen molar-refractivity contribution in [3.63, 3.8) is 0 Å². The van der Waals surface area contributed by atoms with Gasteiger partial charge in [0.15, 0.2) is 0 Å². The van der Waals surface area contributed by atoms with E-state index in [2.05, 4.69) is 46.2 Å². The molecule has 1 aliphatic rings. The van der Waals surface area contributed by atoms with Gasteiger partial charge in [-0.2, -0.15) is 0 Å². The fourth-order valence-corrected chi connectivity index (χ4v) is 2.63. The summed E-state index contributed by atoms with van der Waals surface area (Å²) in [5, 5.41) is 0. The Hall–Kier alpha value is -1.75. The van der Waals surface area contributed by atoms with Crippen LogP contribution in [0.1, 0.15) is 17.2 Å². The Morgan fingerprint density at radius 1 is 1.05 bits per heavy atom. The first-order valence-electron chi connectivity index (χ1n) is 6.55. The van der Waals surface area contributed by atoms with Gasteiger partial charge >= 0.3 is 0 Å². The summed E-state index contributed by atoms with van der Waals surface area (Å²) >= 11 is 0. The summed E-state index contributed by atoms with van der Waals surface area (Å²) in [6, 6.07) is 14.7. The van der Waals surface area contributed by atoms with E-state index in [4.69, 9.17) is 5.73 Å². The maximum Gasteiger partial charge on any atom is 0.0729 e. The third-order valence-corrected chi connectivity index (χ3v) is 3.65.